The van der Waals surface area contributed by atoms with Crippen LogP contribution in [0.15, 0.2) is 0 Å². The topological polar surface area (TPSA) is 46.2 Å². The molecule has 1 unspecified atom stereocenters. The molecule has 1 radical (unpaired) electrons. The maximum atomic E-state index is 10.9. The molecule has 59 valence electrons. The second-order valence-corrected chi connectivity index (χ2v) is 4.86. The van der Waals surface area contributed by atoms with E-state index in [4.69, 9.17) is 0 Å². The summed E-state index contributed by atoms with van der Waals surface area (Å²) >= 11 is 0. The Morgan fingerprint density at radius 1 is 1.60 bits per heavy atom. The lowest BCUT2D eigenvalue weighted by Crippen LogP contribution is -2.38. The molecule has 1 saturated heterocycles. The molecule has 0 spiro atoms. The minimum Gasteiger partial charge on any atom is -0.315 e. The number of nitrogens with one attached hydrogen (secondary N) is 1. The molecule has 10 heavy (non-hydrogen) atoms. The minimum absolute atomic E-state index is 0.263. The van der Waals surface area contributed by atoms with E-state index >= 15 is 0 Å². The summed E-state index contributed by atoms with van der Waals surface area (Å²) in [6, 6.07) is 0. The highest BCUT2D eigenvalue weighted by atomic mass is 32.2. The third-order valence-electron chi connectivity index (χ3n) is 1.65. The second kappa shape index (κ2) is 2.88. The molecule has 0 saturated carbocycles. The van der Waals surface area contributed by atoms with Gasteiger partial charge in [0.2, 0.25) is 0 Å². The third kappa shape index (κ3) is 1.95. The lowest BCUT2D eigenvalue weighted by molar-refractivity contribution is 0.555. The maximum absolute atomic E-state index is 10.9. The number of rotatable bonds is 1. The number of hydrogen-bond donors (Lipinski definition) is 1. The van der Waals surface area contributed by atoms with Gasteiger partial charge in [0.1, 0.15) is 0 Å². The first-order chi connectivity index (χ1) is 4.61. The summed E-state index contributed by atoms with van der Waals surface area (Å²) in [5.74, 6) is 0. The van der Waals surface area contributed by atoms with Crippen LogP contribution < -0.4 is 5.32 Å². The predicted molar refractivity (Wildman–Crippen MR) is 40.4 cm³/mol. The van der Waals surface area contributed by atoms with Gasteiger partial charge in [-0.05, 0) is 19.4 Å². The zero-order valence-corrected chi connectivity index (χ0v) is 6.82. The predicted octanol–water partition coefficient (Wildman–Crippen LogP) is -0.403. The molecule has 0 aromatic carbocycles. The minimum atomic E-state index is -2.84. The fourth-order valence-electron chi connectivity index (χ4n) is 1.03. The second-order valence-electron chi connectivity index (χ2n) is 2.60. The highest BCUT2D eigenvalue weighted by molar-refractivity contribution is 7.91. The molecule has 1 N–H and O–H groups in total. The Kier molecular flexibility index (Phi) is 2.31. The molecule has 0 aromatic heterocycles. The van der Waals surface area contributed by atoms with Crippen molar-refractivity contribution in [2.45, 2.75) is 11.7 Å². The Hall–Kier alpha value is -0.0900. The Morgan fingerprint density at radius 3 is 2.60 bits per heavy atom. The van der Waals surface area contributed by atoms with Crippen molar-refractivity contribution in [2.75, 3.05) is 19.3 Å². The molecule has 1 fully saturated rings. The van der Waals surface area contributed by atoms with Crippen molar-refractivity contribution in [3.63, 3.8) is 0 Å². The number of sulfone groups is 1. The van der Waals surface area contributed by atoms with E-state index in [1.54, 1.807) is 0 Å². The summed E-state index contributed by atoms with van der Waals surface area (Å²) < 4.78 is 21.8. The molecule has 1 aliphatic heterocycles. The number of hydrogen-bond acceptors (Lipinski definition) is 3. The van der Waals surface area contributed by atoms with Crippen molar-refractivity contribution in [3.8, 4) is 0 Å². The molecule has 0 aliphatic carbocycles. The Bertz CT molecular complexity index is 192. The van der Waals surface area contributed by atoms with Gasteiger partial charge in [-0.15, -0.1) is 0 Å². The lowest BCUT2D eigenvalue weighted by Gasteiger charge is -2.20. The average Bonchev–Trinajstić information content (AvgIpc) is 1.88. The largest absolute Gasteiger partial charge is 0.315 e. The first-order valence-corrected chi connectivity index (χ1v) is 5.29. The molecule has 1 rings (SSSR count). The normalized spacial score (nSPS) is 28.3. The van der Waals surface area contributed by atoms with Crippen LogP contribution in [0.2, 0.25) is 0 Å². The van der Waals surface area contributed by atoms with E-state index in [0.717, 1.165) is 13.0 Å². The molecular weight excluding hydrogens is 150 g/mol. The molecule has 0 aromatic rings. The van der Waals surface area contributed by atoms with Gasteiger partial charge in [-0.3, -0.25) is 0 Å². The first-order valence-electron chi connectivity index (χ1n) is 3.33. The fraction of sp³-hybridized carbons (Fsp3) is 0.833. The van der Waals surface area contributed by atoms with Crippen LogP contribution >= 0.6 is 0 Å². The lowest BCUT2D eigenvalue weighted by atomic mass is 10.2. The maximum Gasteiger partial charge on any atom is 0.151 e. The van der Waals surface area contributed by atoms with Crippen molar-refractivity contribution in [2.24, 2.45) is 0 Å². The zero-order valence-electron chi connectivity index (χ0n) is 6.00. The SMILES string of the molecule is CS(=O)(=O)C1[CH]CCNC1. The van der Waals surface area contributed by atoms with E-state index < -0.39 is 9.84 Å². The van der Waals surface area contributed by atoms with Gasteiger partial charge in [0, 0.05) is 12.8 Å². The molecular formula is C6H12NO2S. The van der Waals surface area contributed by atoms with Crippen molar-refractivity contribution in [1.29, 1.82) is 0 Å². The van der Waals surface area contributed by atoms with E-state index in [2.05, 4.69) is 5.32 Å². The standard InChI is InChI=1S/C6H12NO2S/c1-10(8,9)6-3-2-4-7-5-6/h3,6-7H,2,4-5H2,1H3. The first kappa shape index (κ1) is 8.01. The zero-order chi connectivity index (χ0) is 7.61. The summed E-state index contributed by atoms with van der Waals surface area (Å²) in [5.41, 5.74) is 0. The smallest absolute Gasteiger partial charge is 0.151 e. The van der Waals surface area contributed by atoms with Gasteiger partial charge >= 0.3 is 0 Å². The molecule has 4 heteroatoms. The summed E-state index contributed by atoms with van der Waals surface area (Å²) in [6.07, 6.45) is 4.00. The molecule has 0 amide bonds. The van der Waals surface area contributed by atoms with Crippen LogP contribution in [-0.2, 0) is 9.84 Å². The average molecular weight is 162 g/mol. The Morgan fingerprint density at radius 2 is 2.30 bits per heavy atom. The third-order valence-corrected chi connectivity index (χ3v) is 3.11. The van der Waals surface area contributed by atoms with E-state index in [-0.39, 0.29) is 5.25 Å². The molecule has 0 bridgehead atoms. The highest BCUT2D eigenvalue weighted by Gasteiger charge is 2.22. The van der Waals surface area contributed by atoms with Crippen LogP contribution in [0, 0.1) is 6.42 Å². The Labute approximate surface area is 61.7 Å². The molecule has 1 atom stereocenters. The van der Waals surface area contributed by atoms with Gasteiger partial charge in [0.25, 0.3) is 0 Å². The van der Waals surface area contributed by atoms with E-state index in [1.165, 1.54) is 6.26 Å². The van der Waals surface area contributed by atoms with Gasteiger partial charge < -0.3 is 5.32 Å². The van der Waals surface area contributed by atoms with Crippen molar-refractivity contribution in [3.05, 3.63) is 6.42 Å². The summed E-state index contributed by atoms with van der Waals surface area (Å²) in [4.78, 5) is 0. The van der Waals surface area contributed by atoms with Crippen LogP contribution in [0.4, 0.5) is 0 Å². The van der Waals surface area contributed by atoms with Gasteiger partial charge in [-0.1, -0.05) is 0 Å². The van der Waals surface area contributed by atoms with Crippen molar-refractivity contribution >= 4 is 9.84 Å². The number of piperidine rings is 1. The van der Waals surface area contributed by atoms with E-state index in [0.29, 0.717) is 6.54 Å². The van der Waals surface area contributed by atoms with Crippen LogP contribution in [0.5, 0.6) is 0 Å². The van der Waals surface area contributed by atoms with Gasteiger partial charge in [-0.25, -0.2) is 8.42 Å². The van der Waals surface area contributed by atoms with Crippen LogP contribution in [0.25, 0.3) is 0 Å². The van der Waals surface area contributed by atoms with Gasteiger partial charge in [0.05, 0.1) is 5.25 Å². The van der Waals surface area contributed by atoms with Crippen LogP contribution in [0.3, 0.4) is 0 Å². The summed E-state index contributed by atoms with van der Waals surface area (Å²) in [5, 5.41) is 2.77. The van der Waals surface area contributed by atoms with Crippen LogP contribution in [-0.4, -0.2) is 33.0 Å². The van der Waals surface area contributed by atoms with Crippen molar-refractivity contribution in [1.82, 2.24) is 5.32 Å². The highest BCUT2D eigenvalue weighted by Crippen LogP contribution is 2.08. The van der Waals surface area contributed by atoms with Crippen LogP contribution in [0.1, 0.15) is 6.42 Å². The quantitative estimate of drug-likeness (QED) is 0.570. The van der Waals surface area contributed by atoms with Gasteiger partial charge in [0.15, 0.2) is 9.84 Å². The van der Waals surface area contributed by atoms with Gasteiger partial charge in [-0.2, -0.15) is 0 Å². The Balaban J connectivity index is 2.56. The summed E-state index contributed by atoms with van der Waals surface area (Å²) in [6.45, 7) is 1.49. The monoisotopic (exact) mass is 162 g/mol. The van der Waals surface area contributed by atoms with E-state index in [9.17, 15) is 8.42 Å². The molecule has 3 nitrogen and oxygen atoms in total. The van der Waals surface area contributed by atoms with Crippen molar-refractivity contribution < 1.29 is 8.42 Å². The fourth-order valence-corrected chi connectivity index (χ4v) is 1.93. The van der Waals surface area contributed by atoms with E-state index in [1.807, 2.05) is 6.42 Å². The molecule has 1 heterocycles. The molecule has 1 aliphatic rings. The summed E-state index contributed by atoms with van der Waals surface area (Å²) in [7, 11) is -2.84.